The van der Waals surface area contributed by atoms with Crippen molar-refractivity contribution in [3.05, 3.63) is 64.2 Å². The predicted octanol–water partition coefficient (Wildman–Crippen LogP) is 3.51. The Hall–Kier alpha value is -1.84. The first kappa shape index (κ1) is 14.1. The maximum absolute atomic E-state index is 10.7. The molecule has 2 aromatic carbocycles. The summed E-state index contributed by atoms with van der Waals surface area (Å²) in [6.07, 6.45) is -0.683. The van der Waals surface area contributed by atoms with E-state index in [1.165, 1.54) is 5.56 Å². The van der Waals surface area contributed by atoms with Crippen molar-refractivity contribution in [1.82, 2.24) is 0 Å². The minimum absolute atomic E-state index is 0.584. The quantitative estimate of drug-likeness (QED) is 0.933. The number of ether oxygens (including phenoxy) is 2. The molecule has 1 aliphatic rings. The van der Waals surface area contributed by atoms with Gasteiger partial charge in [-0.2, -0.15) is 0 Å². The molecule has 0 saturated carbocycles. The molecule has 0 saturated heterocycles. The Morgan fingerprint density at radius 3 is 2.76 bits per heavy atom. The number of benzene rings is 2. The van der Waals surface area contributed by atoms with Crippen LogP contribution in [0.15, 0.2) is 36.4 Å². The smallest absolute Gasteiger partial charge is 0.125 e. The van der Waals surface area contributed by atoms with Gasteiger partial charge in [-0.3, -0.25) is 0 Å². The summed E-state index contributed by atoms with van der Waals surface area (Å²) in [4.78, 5) is 0. The molecule has 2 aromatic rings. The minimum atomic E-state index is -0.683. The number of aliphatic hydroxyl groups excluding tert-OH is 1. The molecule has 0 spiro atoms. The molecule has 1 heterocycles. The highest BCUT2D eigenvalue weighted by Crippen LogP contribution is 2.33. The summed E-state index contributed by atoms with van der Waals surface area (Å²) < 4.78 is 11.1. The number of rotatable bonds is 4. The highest BCUT2D eigenvalue weighted by Gasteiger charge is 2.19. The minimum Gasteiger partial charge on any atom is -0.493 e. The number of aliphatic hydroxyl groups is 1. The highest BCUT2D eigenvalue weighted by molar-refractivity contribution is 5.44. The van der Waals surface area contributed by atoms with Crippen LogP contribution < -0.4 is 4.74 Å². The first-order valence-electron chi connectivity index (χ1n) is 7.30. The molecule has 0 radical (unpaired) electrons. The molecular weight excluding hydrogens is 264 g/mol. The van der Waals surface area contributed by atoms with Crippen LogP contribution in [0.2, 0.25) is 0 Å². The lowest BCUT2D eigenvalue weighted by atomic mass is 9.96. The fraction of sp³-hybridized carbons (Fsp3) is 0.333. The lowest BCUT2D eigenvalue weighted by Crippen LogP contribution is -2.05. The maximum atomic E-state index is 10.7. The molecule has 1 N–H and O–H groups in total. The van der Waals surface area contributed by atoms with Gasteiger partial charge in [0.1, 0.15) is 11.9 Å². The first-order chi connectivity index (χ1) is 10.2. The average molecular weight is 284 g/mol. The first-order valence-corrected chi connectivity index (χ1v) is 7.30. The maximum Gasteiger partial charge on any atom is 0.125 e. The summed E-state index contributed by atoms with van der Waals surface area (Å²) in [5.41, 5.74) is 5.18. The summed E-state index contributed by atoms with van der Waals surface area (Å²) in [7, 11) is 0. The molecular formula is C18H20O3. The average Bonchev–Trinajstić information content (AvgIpc) is 2.96. The van der Waals surface area contributed by atoms with Gasteiger partial charge in [-0.15, -0.1) is 0 Å². The van der Waals surface area contributed by atoms with Gasteiger partial charge in [0.25, 0.3) is 0 Å². The van der Waals surface area contributed by atoms with Gasteiger partial charge in [0.15, 0.2) is 0 Å². The highest BCUT2D eigenvalue weighted by atomic mass is 16.5. The Bertz CT molecular complexity index is 649. The van der Waals surface area contributed by atoms with E-state index < -0.39 is 6.10 Å². The van der Waals surface area contributed by atoms with Gasteiger partial charge in [0.05, 0.1) is 19.8 Å². The van der Waals surface area contributed by atoms with E-state index in [4.69, 9.17) is 9.47 Å². The third-order valence-electron chi connectivity index (χ3n) is 3.82. The van der Waals surface area contributed by atoms with Crippen LogP contribution in [0.25, 0.3) is 0 Å². The topological polar surface area (TPSA) is 38.7 Å². The van der Waals surface area contributed by atoms with Gasteiger partial charge in [-0.1, -0.05) is 29.8 Å². The zero-order valence-electron chi connectivity index (χ0n) is 12.4. The second-order valence-electron chi connectivity index (χ2n) is 5.40. The molecule has 0 fully saturated rings. The summed E-state index contributed by atoms with van der Waals surface area (Å²) in [6, 6.07) is 11.9. The molecule has 0 aliphatic carbocycles. The Morgan fingerprint density at radius 2 is 1.95 bits per heavy atom. The van der Waals surface area contributed by atoms with Crippen molar-refractivity contribution < 1.29 is 14.6 Å². The Kier molecular flexibility index (Phi) is 3.95. The molecule has 3 heteroatoms. The SMILES string of the molecule is CCOc1ccc(C)cc1C(O)c1ccc2c(c1)COC2. The fourth-order valence-corrected chi connectivity index (χ4v) is 2.71. The number of hydrogen-bond donors (Lipinski definition) is 1. The van der Waals surface area contributed by atoms with Crippen LogP contribution in [0.3, 0.4) is 0 Å². The number of hydrogen-bond acceptors (Lipinski definition) is 3. The molecule has 0 amide bonds. The molecule has 110 valence electrons. The monoisotopic (exact) mass is 284 g/mol. The van der Waals surface area contributed by atoms with Gasteiger partial charge in [0.2, 0.25) is 0 Å². The molecule has 1 atom stereocenters. The van der Waals surface area contributed by atoms with Crippen LogP contribution in [0.4, 0.5) is 0 Å². The van der Waals surface area contributed by atoms with E-state index in [1.807, 2.05) is 50.2 Å². The molecule has 1 unspecified atom stereocenters. The Labute approximate surface area is 125 Å². The molecule has 3 rings (SSSR count). The second-order valence-corrected chi connectivity index (χ2v) is 5.40. The van der Waals surface area contributed by atoms with Gasteiger partial charge >= 0.3 is 0 Å². The van der Waals surface area contributed by atoms with E-state index >= 15 is 0 Å². The van der Waals surface area contributed by atoms with E-state index in [0.717, 1.165) is 28.0 Å². The van der Waals surface area contributed by atoms with E-state index in [0.29, 0.717) is 19.8 Å². The van der Waals surface area contributed by atoms with Gasteiger partial charge in [-0.25, -0.2) is 0 Å². The van der Waals surface area contributed by atoms with Gasteiger partial charge < -0.3 is 14.6 Å². The third kappa shape index (κ3) is 2.80. The largest absolute Gasteiger partial charge is 0.493 e. The van der Waals surface area contributed by atoms with Crippen LogP contribution in [0.5, 0.6) is 5.75 Å². The Balaban J connectivity index is 1.97. The Morgan fingerprint density at radius 1 is 1.14 bits per heavy atom. The number of fused-ring (bicyclic) bond motifs is 1. The zero-order valence-corrected chi connectivity index (χ0v) is 12.4. The van der Waals surface area contributed by atoms with Crippen molar-refractivity contribution in [2.75, 3.05) is 6.61 Å². The molecule has 1 aliphatic heterocycles. The van der Waals surface area contributed by atoms with E-state index in [1.54, 1.807) is 0 Å². The van der Waals surface area contributed by atoms with Crippen LogP contribution in [0.1, 0.15) is 40.8 Å². The predicted molar refractivity (Wildman–Crippen MR) is 81.3 cm³/mol. The van der Waals surface area contributed by atoms with Crippen LogP contribution in [0, 0.1) is 6.92 Å². The van der Waals surface area contributed by atoms with Gasteiger partial charge in [-0.05, 0) is 42.7 Å². The van der Waals surface area contributed by atoms with Crippen molar-refractivity contribution in [2.45, 2.75) is 33.2 Å². The lowest BCUT2D eigenvalue weighted by Gasteiger charge is -2.17. The van der Waals surface area contributed by atoms with Crippen molar-refractivity contribution >= 4 is 0 Å². The molecule has 21 heavy (non-hydrogen) atoms. The van der Waals surface area contributed by atoms with Crippen molar-refractivity contribution in [2.24, 2.45) is 0 Å². The molecule has 0 bridgehead atoms. The van der Waals surface area contributed by atoms with Gasteiger partial charge in [0, 0.05) is 5.56 Å². The molecule has 0 aromatic heterocycles. The number of aryl methyl sites for hydroxylation is 1. The third-order valence-corrected chi connectivity index (χ3v) is 3.82. The summed E-state index contributed by atoms with van der Waals surface area (Å²) >= 11 is 0. The lowest BCUT2D eigenvalue weighted by molar-refractivity contribution is 0.134. The summed E-state index contributed by atoms with van der Waals surface area (Å²) in [6.45, 7) is 5.84. The van der Waals surface area contributed by atoms with Crippen LogP contribution in [-0.2, 0) is 18.0 Å². The van der Waals surface area contributed by atoms with Crippen molar-refractivity contribution in [3.8, 4) is 5.75 Å². The van der Waals surface area contributed by atoms with Crippen LogP contribution in [-0.4, -0.2) is 11.7 Å². The molecule has 3 nitrogen and oxygen atoms in total. The van der Waals surface area contributed by atoms with E-state index in [9.17, 15) is 5.11 Å². The summed E-state index contributed by atoms with van der Waals surface area (Å²) in [5, 5.41) is 10.7. The second kappa shape index (κ2) is 5.88. The van der Waals surface area contributed by atoms with E-state index in [2.05, 4.69) is 0 Å². The standard InChI is InChI=1S/C18H20O3/c1-3-21-17-7-4-12(2)8-16(17)18(19)13-5-6-14-10-20-11-15(14)9-13/h4-9,18-19H,3,10-11H2,1-2H3. The fourth-order valence-electron chi connectivity index (χ4n) is 2.71. The van der Waals surface area contributed by atoms with E-state index in [-0.39, 0.29) is 0 Å². The normalized spacial score (nSPS) is 14.8. The van der Waals surface area contributed by atoms with Crippen molar-refractivity contribution in [3.63, 3.8) is 0 Å². The van der Waals surface area contributed by atoms with Crippen LogP contribution >= 0.6 is 0 Å². The summed E-state index contributed by atoms with van der Waals surface area (Å²) in [5.74, 6) is 0.743. The van der Waals surface area contributed by atoms with Crippen molar-refractivity contribution in [1.29, 1.82) is 0 Å². The zero-order chi connectivity index (χ0) is 14.8.